The van der Waals surface area contributed by atoms with Gasteiger partial charge in [0.05, 0.1) is 10.1 Å². The van der Waals surface area contributed by atoms with Crippen molar-refractivity contribution >= 4 is 29.8 Å². The summed E-state index contributed by atoms with van der Waals surface area (Å²) in [5, 5.41) is -0.514. The number of benzene rings is 1. The van der Waals surface area contributed by atoms with Crippen molar-refractivity contribution in [3.63, 3.8) is 0 Å². The number of halogens is 1. The first-order chi connectivity index (χ1) is 8.13. The third-order valence-electron chi connectivity index (χ3n) is 2.30. The van der Waals surface area contributed by atoms with Gasteiger partial charge in [0.15, 0.2) is 0 Å². The smallest absolute Gasteiger partial charge is 0.212 e. The van der Waals surface area contributed by atoms with Crippen molar-refractivity contribution in [1.29, 1.82) is 0 Å². The molecule has 0 aliphatic rings. The van der Waals surface area contributed by atoms with Crippen LogP contribution in [-0.2, 0) is 25.6 Å². The van der Waals surface area contributed by atoms with Crippen LogP contribution in [0.2, 0.25) is 0 Å². The summed E-state index contributed by atoms with van der Waals surface area (Å²) in [5.41, 5.74) is 0.656. The lowest BCUT2D eigenvalue weighted by Crippen LogP contribution is -2.30. The molecule has 5 nitrogen and oxygen atoms in total. The minimum Gasteiger partial charge on any atom is -0.212 e. The Morgan fingerprint density at radius 1 is 1.11 bits per heavy atom. The van der Waals surface area contributed by atoms with Crippen molar-refractivity contribution in [3.8, 4) is 0 Å². The highest BCUT2D eigenvalue weighted by molar-refractivity contribution is 8.13. The molecule has 1 rings (SSSR count). The number of hydrogen-bond acceptors (Lipinski definition) is 4. The molecule has 0 atom stereocenters. The number of nitrogens with one attached hydrogen (secondary N) is 1. The van der Waals surface area contributed by atoms with Crippen LogP contribution in [0, 0.1) is 0 Å². The largest absolute Gasteiger partial charge is 0.261 e. The van der Waals surface area contributed by atoms with Gasteiger partial charge in [0.1, 0.15) is 0 Å². The van der Waals surface area contributed by atoms with Crippen molar-refractivity contribution in [1.82, 2.24) is 4.72 Å². The lowest BCUT2D eigenvalue weighted by molar-refractivity contribution is 0.572. The zero-order valence-corrected chi connectivity index (χ0v) is 12.3. The van der Waals surface area contributed by atoms with E-state index in [-0.39, 0.29) is 11.4 Å². The van der Waals surface area contributed by atoms with Crippen LogP contribution in [-0.4, -0.2) is 22.1 Å². The monoisotopic (exact) mass is 311 g/mol. The molecular formula is C10H14ClNO4S2. The molecule has 0 spiro atoms. The molecule has 0 heterocycles. The van der Waals surface area contributed by atoms with E-state index in [1.807, 2.05) is 0 Å². The number of hydrogen-bond donors (Lipinski definition) is 1. The highest BCUT2D eigenvalue weighted by atomic mass is 35.7. The molecule has 0 fully saturated rings. The average molecular weight is 312 g/mol. The van der Waals surface area contributed by atoms with Crippen molar-refractivity contribution in [3.05, 3.63) is 29.8 Å². The fraction of sp³-hybridized carbons (Fsp3) is 0.400. The van der Waals surface area contributed by atoms with Gasteiger partial charge in [0.2, 0.25) is 10.0 Å². The van der Waals surface area contributed by atoms with Gasteiger partial charge in [-0.05, 0) is 31.5 Å². The predicted octanol–water partition coefficient (Wildman–Crippen LogP) is 1.44. The van der Waals surface area contributed by atoms with E-state index in [1.54, 1.807) is 13.8 Å². The van der Waals surface area contributed by atoms with Gasteiger partial charge in [-0.3, -0.25) is 0 Å². The molecule has 1 N–H and O–H groups in total. The summed E-state index contributed by atoms with van der Waals surface area (Å²) in [4.78, 5) is -0.0142. The summed E-state index contributed by atoms with van der Waals surface area (Å²) >= 11 is 0. The van der Waals surface area contributed by atoms with Gasteiger partial charge < -0.3 is 0 Å². The van der Waals surface area contributed by atoms with E-state index in [0.717, 1.165) is 0 Å². The molecule has 0 radical (unpaired) electrons. The maximum atomic E-state index is 11.5. The van der Waals surface area contributed by atoms with Crippen molar-refractivity contribution in [2.24, 2.45) is 0 Å². The van der Waals surface area contributed by atoms with Crippen LogP contribution in [0.25, 0.3) is 0 Å². The van der Waals surface area contributed by atoms with Gasteiger partial charge in [-0.1, -0.05) is 12.1 Å². The first kappa shape index (κ1) is 15.4. The summed E-state index contributed by atoms with van der Waals surface area (Å²) in [6.07, 6.45) is 0. The standard InChI is InChI=1S/C10H14ClNO4S2/c1-8(2)18(15,16)12-7-9-3-5-10(6-4-9)17(11,13)14/h3-6,8,12H,7H2,1-2H3. The highest BCUT2D eigenvalue weighted by Gasteiger charge is 2.15. The van der Waals surface area contributed by atoms with Gasteiger partial charge in [0, 0.05) is 17.2 Å². The van der Waals surface area contributed by atoms with E-state index in [9.17, 15) is 16.8 Å². The Morgan fingerprint density at radius 2 is 1.61 bits per heavy atom. The number of rotatable bonds is 5. The van der Waals surface area contributed by atoms with E-state index in [2.05, 4.69) is 4.72 Å². The fourth-order valence-electron chi connectivity index (χ4n) is 1.12. The Labute approximate surface area is 112 Å². The Balaban J connectivity index is 2.78. The quantitative estimate of drug-likeness (QED) is 0.834. The zero-order valence-electron chi connectivity index (χ0n) is 9.92. The van der Waals surface area contributed by atoms with Crippen molar-refractivity contribution < 1.29 is 16.8 Å². The van der Waals surface area contributed by atoms with Crippen molar-refractivity contribution in [2.75, 3.05) is 0 Å². The molecule has 8 heteroatoms. The van der Waals surface area contributed by atoms with Crippen LogP contribution < -0.4 is 4.72 Å². The molecule has 0 aliphatic heterocycles. The first-order valence-corrected chi connectivity index (χ1v) is 9.00. The van der Waals surface area contributed by atoms with Gasteiger partial charge in [0.25, 0.3) is 9.05 Å². The summed E-state index contributed by atoms with van der Waals surface area (Å²) < 4.78 is 47.4. The van der Waals surface area contributed by atoms with Crippen LogP contribution in [0.5, 0.6) is 0 Å². The molecule has 1 aromatic rings. The molecule has 0 bridgehead atoms. The molecule has 1 aromatic carbocycles. The molecule has 0 saturated carbocycles. The minimum absolute atomic E-state index is 0.0142. The summed E-state index contributed by atoms with van der Waals surface area (Å²) in [7, 11) is -1.91. The molecule has 0 amide bonds. The maximum absolute atomic E-state index is 11.5. The third-order valence-corrected chi connectivity index (χ3v) is 5.46. The molecular weight excluding hydrogens is 298 g/mol. The van der Waals surface area contributed by atoms with E-state index in [0.29, 0.717) is 5.56 Å². The molecule has 0 aliphatic carbocycles. The molecule has 0 unspecified atom stereocenters. The van der Waals surface area contributed by atoms with E-state index < -0.39 is 24.3 Å². The maximum Gasteiger partial charge on any atom is 0.261 e. The Hall–Kier alpha value is -0.630. The van der Waals surface area contributed by atoms with E-state index in [4.69, 9.17) is 10.7 Å². The van der Waals surface area contributed by atoms with Gasteiger partial charge >= 0.3 is 0 Å². The Kier molecular flexibility index (Phi) is 4.77. The first-order valence-electron chi connectivity index (χ1n) is 5.15. The Morgan fingerprint density at radius 3 is 2.00 bits per heavy atom. The second-order valence-electron chi connectivity index (χ2n) is 4.00. The molecule has 0 saturated heterocycles. The minimum atomic E-state index is -3.74. The second kappa shape index (κ2) is 5.56. The third kappa shape index (κ3) is 4.24. The molecule has 18 heavy (non-hydrogen) atoms. The van der Waals surface area contributed by atoms with Gasteiger partial charge in [-0.2, -0.15) is 0 Å². The highest BCUT2D eigenvalue weighted by Crippen LogP contribution is 2.15. The average Bonchev–Trinajstić information content (AvgIpc) is 2.25. The lowest BCUT2D eigenvalue weighted by Gasteiger charge is -2.09. The van der Waals surface area contributed by atoms with E-state index >= 15 is 0 Å². The normalized spacial score (nSPS) is 12.9. The van der Waals surface area contributed by atoms with Gasteiger partial charge in [-0.25, -0.2) is 21.6 Å². The summed E-state index contributed by atoms with van der Waals surface area (Å²) in [6, 6.07) is 5.69. The van der Waals surface area contributed by atoms with E-state index in [1.165, 1.54) is 24.3 Å². The summed E-state index contributed by atoms with van der Waals surface area (Å²) in [6.45, 7) is 3.26. The van der Waals surface area contributed by atoms with Crippen LogP contribution in [0.15, 0.2) is 29.2 Å². The topological polar surface area (TPSA) is 80.3 Å². The molecule has 0 aromatic heterocycles. The predicted molar refractivity (Wildman–Crippen MR) is 70.4 cm³/mol. The Bertz CT molecular complexity index is 606. The zero-order chi connectivity index (χ0) is 14.0. The SMILES string of the molecule is CC(C)S(=O)(=O)NCc1ccc(S(=O)(=O)Cl)cc1. The van der Waals surface area contributed by atoms with Gasteiger partial charge in [-0.15, -0.1) is 0 Å². The van der Waals surface area contributed by atoms with Crippen LogP contribution in [0.4, 0.5) is 0 Å². The lowest BCUT2D eigenvalue weighted by atomic mass is 10.2. The summed E-state index contributed by atoms with van der Waals surface area (Å²) in [5.74, 6) is 0. The molecule has 102 valence electrons. The fourth-order valence-corrected chi connectivity index (χ4v) is 2.59. The number of sulfonamides is 1. The van der Waals surface area contributed by atoms with Crippen LogP contribution in [0.3, 0.4) is 0 Å². The van der Waals surface area contributed by atoms with Crippen molar-refractivity contribution in [2.45, 2.75) is 30.5 Å². The second-order valence-corrected chi connectivity index (χ2v) is 8.88. The van der Waals surface area contributed by atoms with Crippen LogP contribution >= 0.6 is 10.7 Å². The van der Waals surface area contributed by atoms with Crippen LogP contribution in [0.1, 0.15) is 19.4 Å².